The van der Waals surface area contributed by atoms with Crippen molar-refractivity contribution in [2.45, 2.75) is 26.6 Å². The van der Waals surface area contributed by atoms with Crippen molar-refractivity contribution in [1.82, 2.24) is 9.55 Å². The van der Waals surface area contributed by atoms with E-state index in [1.165, 1.54) is 0 Å². The number of hydrogen-bond acceptors (Lipinski definition) is 3. The zero-order valence-corrected chi connectivity index (χ0v) is 9.97. The molecule has 0 aliphatic carbocycles. The number of imidazole rings is 1. The maximum absolute atomic E-state index is 5.67. The summed E-state index contributed by atoms with van der Waals surface area (Å²) in [5.41, 5.74) is 6.64. The molecule has 0 aliphatic heterocycles. The summed E-state index contributed by atoms with van der Waals surface area (Å²) in [7, 11) is 0. The molecule has 0 radical (unpaired) electrons. The SMILES string of the molecule is CCn1ccnc1COc1ccc(CN)cc1. The number of nitrogens with two attached hydrogens (primary N) is 1. The molecule has 4 heteroatoms. The number of rotatable bonds is 5. The van der Waals surface area contributed by atoms with E-state index < -0.39 is 0 Å². The predicted octanol–water partition coefficient (Wildman–Crippen LogP) is 1.94. The molecule has 1 heterocycles. The smallest absolute Gasteiger partial charge is 0.146 e. The van der Waals surface area contributed by atoms with Crippen LogP contribution in [-0.4, -0.2) is 9.55 Å². The number of nitrogens with zero attached hydrogens (tertiary/aromatic N) is 2. The van der Waals surface area contributed by atoms with Gasteiger partial charge in [0.25, 0.3) is 0 Å². The lowest BCUT2D eigenvalue weighted by Gasteiger charge is -2.08. The molecule has 2 rings (SSSR count). The quantitative estimate of drug-likeness (QED) is 0.855. The van der Waals surface area contributed by atoms with Crippen molar-refractivity contribution in [2.75, 3.05) is 0 Å². The summed E-state index contributed by atoms with van der Waals surface area (Å²) in [6.07, 6.45) is 3.75. The highest BCUT2D eigenvalue weighted by atomic mass is 16.5. The van der Waals surface area contributed by atoms with E-state index in [0.717, 1.165) is 23.7 Å². The first kappa shape index (κ1) is 11.7. The van der Waals surface area contributed by atoms with Crippen LogP contribution in [0.1, 0.15) is 18.3 Å². The van der Waals surface area contributed by atoms with Gasteiger partial charge in [0.05, 0.1) is 0 Å². The highest BCUT2D eigenvalue weighted by Crippen LogP contribution is 2.13. The first-order valence-corrected chi connectivity index (χ1v) is 5.75. The first-order chi connectivity index (χ1) is 8.33. The normalized spacial score (nSPS) is 10.5. The van der Waals surface area contributed by atoms with E-state index in [0.29, 0.717) is 13.2 Å². The van der Waals surface area contributed by atoms with Crippen molar-refractivity contribution < 1.29 is 4.74 Å². The average Bonchev–Trinajstić information content (AvgIpc) is 2.84. The van der Waals surface area contributed by atoms with E-state index in [2.05, 4.69) is 16.5 Å². The van der Waals surface area contributed by atoms with Crippen LogP contribution in [0, 0.1) is 0 Å². The lowest BCUT2D eigenvalue weighted by atomic mass is 10.2. The van der Waals surface area contributed by atoms with Crippen LogP contribution in [0.5, 0.6) is 5.75 Å². The summed E-state index contributed by atoms with van der Waals surface area (Å²) in [4.78, 5) is 4.25. The second-order valence-electron chi connectivity index (χ2n) is 3.77. The molecule has 0 amide bonds. The van der Waals surface area contributed by atoms with Crippen molar-refractivity contribution in [3.05, 3.63) is 48.0 Å². The topological polar surface area (TPSA) is 53.1 Å². The Balaban J connectivity index is 1.97. The predicted molar refractivity (Wildman–Crippen MR) is 66.6 cm³/mol. The van der Waals surface area contributed by atoms with Crippen LogP contribution in [0.4, 0.5) is 0 Å². The van der Waals surface area contributed by atoms with Crippen LogP contribution >= 0.6 is 0 Å². The Kier molecular flexibility index (Phi) is 3.77. The van der Waals surface area contributed by atoms with E-state index in [1.54, 1.807) is 6.20 Å². The van der Waals surface area contributed by atoms with E-state index in [1.807, 2.05) is 30.5 Å². The maximum atomic E-state index is 5.67. The first-order valence-electron chi connectivity index (χ1n) is 5.75. The van der Waals surface area contributed by atoms with Crippen molar-refractivity contribution in [3.63, 3.8) is 0 Å². The van der Waals surface area contributed by atoms with Gasteiger partial charge in [-0.1, -0.05) is 12.1 Å². The molecule has 0 saturated heterocycles. The van der Waals surface area contributed by atoms with Crippen LogP contribution < -0.4 is 10.5 Å². The van der Waals surface area contributed by atoms with Crippen LogP contribution in [-0.2, 0) is 19.7 Å². The van der Waals surface area contributed by atoms with Crippen LogP contribution in [0.2, 0.25) is 0 Å². The third-order valence-electron chi connectivity index (χ3n) is 2.67. The Morgan fingerprint density at radius 2 is 2.06 bits per heavy atom. The summed E-state index contributed by atoms with van der Waals surface area (Å²) >= 11 is 0. The molecule has 2 aromatic rings. The highest BCUT2D eigenvalue weighted by Gasteiger charge is 2.02. The van der Waals surface area contributed by atoms with Gasteiger partial charge in [-0.25, -0.2) is 4.98 Å². The highest BCUT2D eigenvalue weighted by molar-refractivity contribution is 5.27. The van der Waals surface area contributed by atoms with Gasteiger partial charge in [-0.2, -0.15) is 0 Å². The third-order valence-corrected chi connectivity index (χ3v) is 2.67. The van der Waals surface area contributed by atoms with E-state index in [9.17, 15) is 0 Å². The van der Waals surface area contributed by atoms with E-state index in [-0.39, 0.29) is 0 Å². The van der Waals surface area contributed by atoms with Gasteiger partial charge in [0, 0.05) is 25.5 Å². The molecule has 4 nitrogen and oxygen atoms in total. The third kappa shape index (κ3) is 2.85. The maximum Gasteiger partial charge on any atom is 0.146 e. The van der Waals surface area contributed by atoms with Gasteiger partial charge in [-0.05, 0) is 24.6 Å². The minimum Gasteiger partial charge on any atom is -0.486 e. The second-order valence-corrected chi connectivity index (χ2v) is 3.77. The number of hydrogen-bond donors (Lipinski definition) is 1. The lowest BCUT2D eigenvalue weighted by molar-refractivity contribution is 0.290. The number of aryl methyl sites for hydroxylation is 1. The fraction of sp³-hybridized carbons (Fsp3) is 0.308. The van der Waals surface area contributed by atoms with Gasteiger partial charge < -0.3 is 15.0 Å². The van der Waals surface area contributed by atoms with E-state index in [4.69, 9.17) is 10.5 Å². The Bertz CT molecular complexity index is 462. The average molecular weight is 231 g/mol. The molecule has 0 bridgehead atoms. The monoisotopic (exact) mass is 231 g/mol. The largest absolute Gasteiger partial charge is 0.486 e. The summed E-state index contributed by atoms with van der Waals surface area (Å²) in [6, 6.07) is 7.81. The zero-order chi connectivity index (χ0) is 12.1. The summed E-state index contributed by atoms with van der Waals surface area (Å²) in [6.45, 7) is 4.04. The van der Waals surface area contributed by atoms with Gasteiger partial charge in [0.2, 0.25) is 0 Å². The summed E-state index contributed by atoms with van der Waals surface area (Å²) in [5, 5.41) is 0. The number of ether oxygens (including phenoxy) is 1. The summed E-state index contributed by atoms with van der Waals surface area (Å²) in [5.74, 6) is 1.78. The Hall–Kier alpha value is -1.81. The molecule has 2 N–H and O–H groups in total. The van der Waals surface area contributed by atoms with Crippen molar-refractivity contribution in [2.24, 2.45) is 5.73 Å². The molecule has 0 fully saturated rings. The molecule has 90 valence electrons. The van der Waals surface area contributed by atoms with Gasteiger partial charge in [0.1, 0.15) is 18.2 Å². The zero-order valence-electron chi connectivity index (χ0n) is 9.97. The lowest BCUT2D eigenvalue weighted by Crippen LogP contribution is -2.05. The molecular formula is C13H17N3O. The van der Waals surface area contributed by atoms with Gasteiger partial charge in [0.15, 0.2) is 0 Å². The fourth-order valence-electron chi connectivity index (χ4n) is 1.64. The van der Waals surface area contributed by atoms with Gasteiger partial charge in [-0.15, -0.1) is 0 Å². The standard InChI is InChI=1S/C13H17N3O/c1-2-16-8-7-15-13(16)10-17-12-5-3-11(9-14)4-6-12/h3-8H,2,9-10,14H2,1H3. The molecule has 1 aromatic carbocycles. The van der Waals surface area contributed by atoms with Crippen molar-refractivity contribution in [1.29, 1.82) is 0 Å². The fourth-order valence-corrected chi connectivity index (χ4v) is 1.64. The minimum absolute atomic E-state index is 0.489. The molecule has 0 saturated carbocycles. The second kappa shape index (κ2) is 5.50. The Morgan fingerprint density at radius 3 is 2.71 bits per heavy atom. The minimum atomic E-state index is 0.489. The Morgan fingerprint density at radius 1 is 1.29 bits per heavy atom. The number of benzene rings is 1. The van der Waals surface area contributed by atoms with Crippen LogP contribution in [0.3, 0.4) is 0 Å². The molecule has 0 spiro atoms. The van der Waals surface area contributed by atoms with Crippen molar-refractivity contribution in [3.8, 4) is 5.75 Å². The molecule has 0 atom stereocenters. The molecule has 17 heavy (non-hydrogen) atoms. The number of aromatic nitrogens is 2. The van der Waals surface area contributed by atoms with Gasteiger partial charge >= 0.3 is 0 Å². The van der Waals surface area contributed by atoms with Gasteiger partial charge in [-0.3, -0.25) is 0 Å². The molecule has 1 aromatic heterocycles. The van der Waals surface area contributed by atoms with E-state index >= 15 is 0 Å². The Labute approximate surface area is 101 Å². The molecule has 0 aliphatic rings. The van der Waals surface area contributed by atoms with Crippen molar-refractivity contribution >= 4 is 0 Å². The summed E-state index contributed by atoms with van der Waals surface area (Å²) < 4.78 is 7.73. The van der Waals surface area contributed by atoms with Crippen LogP contribution in [0.25, 0.3) is 0 Å². The molecular weight excluding hydrogens is 214 g/mol. The molecule has 0 unspecified atom stereocenters. The van der Waals surface area contributed by atoms with Crippen LogP contribution in [0.15, 0.2) is 36.7 Å².